The van der Waals surface area contributed by atoms with Gasteiger partial charge in [-0.25, -0.2) is 8.42 Å². The summed E-state index contributed by atoms with van der Waals surface area (Å²) in [6, 6.07) is 11.6. The summed E-state index contributed by atoms with van der Waals surface area (Å²) < 4.78 is 26.9. The number of nitro groups is 1. The summed E-state index contributed by atoms with van der Waals surface area (Å²) in [5.41, 5.74) is 0.00170. The number of hydrogen-bond donors (Lipinski definition) is 2. The first-order valence-corrected chi connectivity index (χ1v) is 11.2. The van der Waals surface area contributed by atoms with Crippen LogP contribution in [0, 0.1) is 10.1 Å². The number of non-ortho nitro benzene ring substituents is 1. The van der Waals surface area contributed by atoms with Gasteiger partial charge >= 0.3 is 0 Å². The van der Waals surface area contributed by atoms with Crippen molar-refractivity contribution in [3.63, 3.8) is 0 Å². The minimum Gasteiger partial charge on any atom is -0.323 e. The van der Waals surface area contributed by atoms with Crippen LogP contribution in [0.3, 0.4) is 0 Å². The Balaban J connectivity index is 1.63. The van der Waals surface area contributed by atoms with Crippen molar-refractivity contribution in [2.75, 3.05) is 31.5 Å². The molecule has 0 bridgehead atoms. The van der Waals surface area contributed by atoms with Gasteiger partial charge in [-0.15, -0.1) is 0 Å². The van der Waals surface area contributed by atoms with Gasteiger partial charge in [0.05, 0.1) is 46.7 Å². The molecule has 2 aromatic rings. The topological polar surface area (TPSA) is 114 Å². The Morgan fingerprint density at radius 3 is 2.43 bits per heavy atom. The van der Waals surface area contributed by atoms with Crippen LogP contribution in [0.25, 0.3) is 0 Å². The molecule has 3 rings (SSSR count). The van der Waals surface area contributed by atoms with Crippen molar-refractivity contribution in [3.05, 3.63) is 63.7 Å². The van der Waals surface area contributed by atoms with Crippen LogP contribution in [0.4, 0.5) is 11.4 Å². The second-order valence-electron chi connectivity index (χ2n) is 7.01. The van der Waals surface area contributed by atoms with E-state index in [2.05, 4.69) is 5.32 Å². The first-order valence-electron chi connectivity index (χ1n) is 9.34. The van der Waals surface area contributed by atoms with Crippen molar-refractivity contribution in [1.82, 2.24) is 4.31 Å². The molecule has 1 atom stereocenters. The lowest BCUT2D eigenvalue weighted by atomic mass is 10.2. The molecule has 1 fully saturated rings. The fourth-order valence-electron chi connectivity index (χ4n) is 3.34. The zero-order valence-electron chi connectivity index (χ0n) is 16.2. The van der Waals surface area contributed by atoms with Crippen molar-refractivity contribution >= 4 is 38.9 Å². The minimum absolute atomic E-state index is 0.172. The van der Waals surface area contributed by atoms with Crippen LogP contribution in [0.15, 0.2) is 53.4 Å². The Labute approximate surface area is 179 Å². The highest BCUT2D eigenvalue weighted by molar-refractivity contribution is 7.89. The standard InChI is InChI=1S/C19H21ClN4O5S/c1-14(19(25)21-18-13-15(24(26)27)7-8-17(18)20)22-9-11-23(12-10-22)30(28,29)16-5-3-2-4-6-16/h2-8,13-14H,9-12H2,1H3,(H,21,25)/p+1/t14-/m0/s1. The number of benzene rings is 2. The fraction of sp³-hybridized carbons (Fsp3) is 0.316. The largest absolute Gasteiger partial charge is 0.323 e. The minimum atomic E-state index is -3.56. The van der Waals surface area contributed by atoms with E-state index in [4.69, 9.17) is 11.6 Å². The molecule has 0 aromatic heterocycles. The third kappa shape index (κ3) is 4.78. The number of amides is 1. The van der Waals surface area contributed by atoms with E-state index in [-0.39, 0.29) is 27.2 Å². The third-order valence-electron chi connectivity index (χ3n) is 5.17. The molecule has 11 heteroatoms. The first-order chi connectivity index (χ1) is 14.2. The van der Waals surface area contributed by atoms with Gasteiger partial charge in [-0.1, -0.05) is 29.8 Å². The van der Waals surface area contributed by atoms with Gasteiger partial charge in [0.2, 0.25) is 10.0 Å². The first kappa shape index (κ1) is 22.2. The number of rotatable bonds is 6. The van der Waals surface area contributed by atoms with Crippen molar-refractivity contribution in [1.29, 1.82) is 0 Å². The maximum absolute atomic E-state index is 12.7. The molecule has 1 heterocycles. The molecular weight excluding hydrogens is 432 g/mol. The van der Waals surface area contributed by atoms with Gasteiger partial charge in [-0.3, -0.25) is 14.9 Å². The predicted molar refractivity (Wildman–Crippen MR) is 112 cm³/mol. The number of piperazine rings is 1. The van der Waals surface area contributed by atoms with Crippen LogP contribution in [0.2, 0.25) is 5.02 Å². The molecule has 2 aromatic carbocycles. The van der Waals surface area contributed by atoms with Gasteiger partial charge in [0.15, 0.2) is 6.04 Å². The lowest BCUT2D eigenvalue weighted by Gasteiger charge is -2.34. The summed E-state index contributed by atoms with van der Waals surface area (Å²) in [6.07, 6.45) is 0. The number of halogens is 1. The highest BCUT2D eigenvalue weighted by atomic mass is 35.5. The number of nitro benzene ring substituents is 1. The summed E-state index contributed by atoms with van der Waals surface area (Å²) in [7, 11) is -3.56. The molecule has 160 valence electrons. The van der Waals surface area contributed by atoms with E-state index in [9.17, 15) is 23.3 Å². The van der Waals surface area contributed by atoms with Crippen molar-refractivity contribution in [2.24, 2.45) is 0 Å². The number of nitrogens with zero attached hydrogens (tertiary/aromatic N) is 2. The smallest absolute Gasteiger partial charge is 0.282 e. The summed E-state index contributed by atoms with van der Waals surface area (Å²) in [5.74, 6) is -0.341. The fourth-order valence-corrected chi connectivity index (χ4v) is 4.96. The van der Waals surface area contributed by atoms with Crippen LogP contribution >= 0.6 is 11.6 Å². The highest BCUT2D eigenvalue weighted by Gasteiger charge is 2.34. The highest BCUT2D eigenvalue weighted by Crippen LogP contribution is 2.26. The van der Waals surface area contributed by atoms with E-state index in [1.165, 1.54) is 22.5 Å². The van der Waals surface area contributed by atoms with Crippen LogP contribution in [-0.2, 0) is 14.8 Å². The van der Waals surface area contributed by atoms with Gasteiger partial charge < -0.3 is 10.2 Å². The van der Waals surface area contributed by atoms with E-state index in [0.717, 1.165) is 4.90 Å². The van der Waals surface area contributed by atoms with Gasteiger partial charge in [-0.05, 0) is 25.1 Å². The third-order valence-corrected chi connectivity index (χ3v) is 7.41. The average molecular weight is 454 g/mol. The van der Waals surface area contributed by atoms with Crippen molar-refractivity contribution < 1.29 is 23.0 Å². The summed E-state index contributed by atoms with van der Waals surface area (Å²) in [6.45, 7) is 3.24. The molecule has 30 heavy (non-hydrogen) atoms. The molecule has 1 amide bonds. The molecule has 0 aliphatic carbocycles. The van der Waals surface area contributed by atoms with E-state index >= 15 is 0 Å². The molecule has 1 saturated heterocycles. The number of quaternary nitrogens is 1. The van der Waals surface area contributed by atoms with Crippen LogP contribution in [0.5, 0.6) is 0 Å². The zero-order chi connectivity index (χ0) is 21.9. The van der Waals surface area contributed by atoms with Gasteiger partial charge in [0.25, 0.3) is 11.6 Å². The molecule has 0 radical (unpaired) electrons. The van der Waals surface area contributed by atoms with E-state index in [0.29, 0.717) is 26.2 Å². The van der Waals surface area contributed by atoms with Crippen molar-refractivity contribution in [2.45, 2.75) is 17.9 Å². The molecule has 0 spiro atoms. The molecule has 1 aliphatic heterocycles. The quantitative estimate of drug-likeness (QED) is 0.503. The second-order valence-corrected chi connectivity index (χ2v) is 9.35. The van der Waals surface area contributed by atoms with E-state index in [1.54, 1.807) is 37.3 Å². The number of nitrogens with one attached hydrogen (secondary N) is 2. The van der Waals surface area contributed by atoms with E-state index in [1.807, 2.05) is 0 Å². The Morgan fingerprint density at radius 2 is 1.83 bits per heavy atom. The Kier molecular flexibility index (Phi) is 6.71. The van der Waals surface area contributed by atoms with Crippen LogP contribution in [-0.4, -0.2) is 55.8 Å². The lowest BCUT2D eigenvalue weighted by molar-refractivity contribution is -0.917. The second kappa shape index (κ2) is 9.09. The maximum atomic E-state index is 12.7. The van der Waals surface area contributed by atoms with Gasteiger partial charge in [0.1, 0.15) is 0 Å². The lowest BCUT2D eigenvalue weighted by Crippen LogP contribution is -3.19. The van der Waals surface area contributed by atoms with Gasteiger partial charge in [0, 0.05) is 12.1 Å². The number of carbonyl (C=O) groups excluding carboxylic acids is 1. The normalized spacial score (nSPS) is 16.7. The molecule has 2 N–H and O–H groups in total. The SMILES string of the molecule is C[C@@H](C(=O)Nc1cc([N+](=O)[O-])ccc1Cl)[NH+]1CCN(S(=O)(=O)c2ccccc2)CC1. The molecule has 9 nitrogen and oxygen atoms in total. The Hall–Kier alpha value is -2.53. The molecule has 0 saturated carbocycles. The monoisotopic (exact) mass is 453 g/mol. The van der Waals surface area contributed by atoms with E-state index < -0.39 is 21.0 Å². The molecule has 1 aliphatic rings. The number of carbonyl (C=O) groups is 1. The maximum Gasteiger partial charge on any atom is 0.282 e. The van der Waals surface area contributed by atoms with Crippen LogP contribution in [0.1, 0.15) is 6.92 Å². The molecular formula is C19H22ClN4O5S+. The van der Waals surface area contributed by atoms with Crippen molar-refractivity contribution in [3.8, 4) is 0 Å². The van der Waals surface area contributed by atoms with Crippen LogP contribution < -0.4 is 10.2 Å². The number of anilines is 1. The number of hydrogen-bond acceptors (Lipinski definition) is 5. The average Bonchev–Trinajstić information content (AvgIpc) is 2.75. The number of sulfonamides is 1. The van der Waals surface area contributed by atoms with Gasteiger partial charge in [-0.2, -0.15) is 4.31 Å². The summed E-state index contributed by atoms with van der Waals surface area (Å²) in [4.78, 5) is 24.2. The predicted octanol–water partition coefficient (Wildman–Crippen LogP) is 1.16. The zero-order valence-corrected chi connectivity index (χ0v) is 17.8. The molecule has 0 unspecified atom stereocenters. The Bertz CT molecular complexity index is 1040. The summed E-state index contributed by atoms with van der Waals surface area (Å²) in [5, 5.41) is 13.8. The summed E-state index contributed by atoms with van der Waals surface area (Å²) >= 11 is 6.05. The Morgan fingerprint density at radius 1 is 1.20 bits per heavy atom.